The Morgan fingerprint density at radius 1 is 1.03 bits per heavy atom. The predicted octanol–water partition coefficient (Wildman–Crippen LogP) is 7.20. The minimum absolute atomic E-state index is 0.0703. The van der Waals surface area contributed by atoms with E-state index in [1.54, 1.807) is 0 Å². The summed E-state index contributed by atoms with van der Waals surface area (Å²) in [5.74, 6) is 1.31. The average Bonchev–Trinajstić information content (AvgIpc) is 3.29. The van der Waals surface area contributed by atoms with Crippen molar-refractivity contribution in [3.8, 4) is 0 Å². The molecule has 1 amide bonds. The van der Waals surface area contributed by atoms with Crippen molar-refractivity contribution in [3.63, 3.8) is 0 Å². The van der Waals surface area contributed by atoms with E-state index in [-0.39, 0.29) is 11.9 Å². The van der Waals surface area contributed by atoms with Crippen LogP contribution < -0.4 is 10.6 Å². The van der Waals surface area contributed by atoms with Crippen molar-refractivity contribution in [1.82, 2.24) is 0 Å². The highest BCUT2D eigenvalue weighted by Crippen LogP contribution is 2.50. The van der Waals surface area contributed by atoms with Gasteiger partial charge in [0.25, 0.3) is 5.91 Å². The maximum atomic E-state index is 12.7. The number of hydrogen-bond donors (Lipinski definition) is 2. The highest BCUT2D eigenvalue weighted by molar-refractivity contribution is 6.04. The topological polar surface area (TPSA) is 41.1 Å². The van der Waals surface area contributed by atoms with Crippen LogP contribution in [0.2, 0.25) is 0 Å². The molecule has 3 aromatic carbocycles. The van der Waals surface area contributed by atoms with E-state index < -0.39 is 0 Å². The number of rotatable bonds is 4. The third-order valence-corrected chi connectivity index (χ3v) is 6.86. The van der Waals surface area contributed by atoms with Crippen LogP contribution in [0.1, 0.15) is 70.8 Å². The van der Waals surface area contributed by atoms with Crippen molar-refractivity contribution >= 4 is 17.3 Å². The number of nitrogens with one attached hydrogen (secondary N) is 2. The first-order valence-electron chi connectivity index (χ1n) is 11.5. The molecule has 2 N–H and O–H groups in total. The zero-order chi connectivity index (χ0) is 22.2. The summed E-state index contributed by atoms with van der Waals surface area (Å²) in [5.41, 5.74) is 7.75. The third kappa shape index (κ3) is 3.84. The Morgan fingerprint density at radius 2 is 1.84 bits per heavy atom. The lowest BCUT2D eigenvalue weighted by molar-refractivity contribution is 0.102. The molecule has 162 valence electrons. The number of hydrogen-bond acceptors (Lipinski definition) is 2. The molecule has 0 radical (unpaired) electrons. The second-order valence-electron chi connectivity index (χ2n) is 9.42. The van der Waals surface area contributed by atoms with Gasteiger partial charge >= 0.3 is 0 Å². The van der Waals surface area contributed by atoms with Crippen molar-refractivity contribution in [2.75, 3.05) is 10.6 Å². The predicted molar refractivity (Wildman–Crippen MR) is 132 cm³/mol. The SMILES string of the molecule is Cc1cccc(C(=O)Nc2ccc3c(c2)C2C=CCC2C(c2ccc(C(C)C)cc2)N3)c1. The fourth-order valence-electron chi connectivity index (χ4n) is 5.08. The van der Waals surface area contributed by atoms with Crippen molar-refractivity contribution in [3.05, 3.63) is 107 Å². The van der Waals surface area contributed by atoms with E-state index in [1.807, 2.05) is 37.3 Å². The van der Waals surface area contributed by atoms with E-state index >= 15 is 0 Å². The van der Waals surface area contributed by atoms with E-state index in [9.17, 15) is 4.79 Å². The van der Waals surface area contributed by atoms with Gasteiger partial charge in [0, 0.05) is 22.9 Å². The Kier molecular flexibility index (Phi) is 5.34. The van der Waals surface area contributed by atoms with Crippen molar-refractivity contribution in [1.29, 1.82) is 0 Å². The third-order valence-electron chi connectivity index (χ3n) is 6.86. The van der Waals surface area contributed by atoms with Crippen LogP contribution in [0.25, 0.3) is 0 Å². The van der Waals surface area contributed by atoms with E-state index in [0.717, 1.165) is 23.4 Å². The summed E-state index contributed by atoms with van der Waals surface area (Å²) < 4.78 is 0. The molecule has 0 fully saturated rings. The van der Waals surface area contributed by atoms with Crippen LogP contribution in [0.4, 0.5) is 11.4 Å². The molecule has 0 spiro atoms. The Labute approximate surface area is 190 Å². The standard InChI is InChI=1S/C29H30N2O/c1-18(2)20-10-12-21(13-11-20)28-25-9-5-8-24(25)26-17-23(14-15-27(26)31-28)30-29(32)22-7-4-6-19(3)16-22/h4-8,10-18,24-25,28,31H,9H2,1-3H3,(H,30,32). The van der Waals surface area contributed by atoms with Gasteiger partial charge < -0.3 is 10.6 Å². The molecular weight excluding hydrogens is 392 g/mol. The molecule has 3 atom stereocenters. The number of fused-ring (bicyclic) bond motifs is 3. The molecular formula is C29H30N2O. The van der Waals surface area contributed by atoms with E-state index in [1.165, 1.54) is 16.7 Å². The van der Waals surface area contributed by atoms with Crippen LogP contribution in [0.3, 0.4) is 0 Å². The van der Waals surface area contributed by atoms with Gasteiger partial charge in [-0.3, -0.25) is 4.79 Å². The van der Waals surface area contributed by atoms with Crippen LogP contribution >= 0.6 is 0 Å². The second kappa shape index (κ2) is 8.31. The van der Waals surface area contributed by atoms with Gasteiger partial charge in [0.1, 0.15) is 0 Å². The Hall–Kier alpha value is -3.33. The molecule has 3 nitrogen and oxygen atoms in total. The van der Waals surface area contributed by atoms with Gasteiger partial charge in [-0.1, -0.05) is 68.0 Å². The maximum absolute atomic E-state index is 12.7. The molecule has 1 heterocycles. The molecule has 0 aromatic heterocycles. The Bertz CT molecular complexity index is 1180. The lowest BCUT2D eigenvalue weighted by Gasteiger charge is -2.38. The first kappa shape index (κ1) is 20.6. The number of allylic oxidation sites excluding steroid dienone is 2. The fourth-order valence-corrected chi connectivity index (χ4v) is 5.08. The normalized spacial score (nSPS) is 21.1. The minimum atomic E-state index is -0.0703. The molecule has 1 aliphatic carbocycles. The summed E-state index contributed by atoms with van der Waals surface area (Å²) in [6, 6.07) is 23.3. The summed E-state index contributed by atoms with van der Waals surface area (Å²) in [6.07, 6.45) is 5.71. The van der Waals surface area contributed by atoms with Crippen LogP contribution in [0, 0.1) is 12.8 Å². The number of benzene rings is 3. The minimum Gasteiger partial charge on any atom is -0.378 e. The van der Waals surface area contributed by atoms with Gasteiger partial charge in [0.15, 0.2) is 0 Å². The summed E-state index contributed by atoms with van der Waals surface area (Å²) in [4.78, 5) is 12.7. The zero-order valence-corrected chi connectivity index (χ0v) is 18.9. The molecule has 3 heteroatoms. The first-order valence-corrected chi connectivity index (χ1v) is 11.5. The van der Waals surface area contributed by atoms with Crippen LogP contribution in [-0.2, 0) is 0 Å². The van der Waals surface area contributed by atoms with Crippen LogP contribution in [0.5, 0.6) is 0 Å². The van der Waals surface area contributed by atoms with Gasteiger partial charge in [-0.15, -0.1) is 0 Å². The Morgan fingerprint density at radius 3 is 2.59 bits per heavy atom. The average molecular weight is 423 g/mol. The van der Waals surface area contributed by atoms with E-state index in [4.69, 9.17) is 0 Å². The van der Waals surface area contributed by atoms with Crippen LogP contribution in [-0.4, -0.2) is 5.91 Å². The summed E-state index contributed by atoms with van der Waals surface area (Å²) in [7, 11) is 0. The number of carbonyl (C=O) groups excluding carboxylic acids is 1. The number of aryl methyl sites for hydroxylation is 1. The van der Waals surface area contributed by atoms with E-state index in [0.29, 0.717) is 23.3 Å². The number of anilines is 2. The Balaban J connectivity index is 1.41. The molecule has 2 aliphatic rings. The fraction of sp³-hybridized carbons (Fsp3) is 0.276. The van der Waals surface area contributed by atoms with Crippen molar-refractivity contribution in [2.45, 2.75) is 45.1 Å². The molecule has 3 aromatic rings. The molecule has 32 heavy (non-hydrogen) atoms. The summed E-state index contributed by atoms with van der Waals surface area (Å²) in [5, 5.41) is 6.88. The highest BCUT2D eigenvalue weighted by atomic mass is 16.1. The van der Waals surface area contributed by atoms with Gasteiger partial charge in [-0.2, -0.15) is 0 Å². The quantitative estimate of drug-likeness (QED) is 0.437. The maximum Gasteiger partial charge on any atom is 0.255 e. The smallest absolute Gasteiger partial charge is 0.255 e. The summed E-state index contributed by atoms with van der Waals surface area (Å²) in [6.45, 7) is 6.47. The molecule has 0 bridgehead atoms. The molecule has 0 saturated carbocycles. The molecule has 3 unspecified atom stereocenters. The zero-order valence-electron chi connectivity index (χ0n) is 18.9. The van der Waals surface area contributed by atoms with Crippen LogP contribution in [0.15, 0.2) is 78.9 Å². The van der Waals surface area contributed by atoms with Gasteiger partial charge in [0.05, 0.1) is 6.04 Å². The van der Waals surface area contributed by atoms with Gasteiger partial charge in [-0.05, 0) is 72.2 Å². The van der Waals surface area contributed by atoms with Crippen molar-refractivity contribution < 1.29 is 4.79 Å². The lowest BCUT2D eigenvalue weighted by Crippen LogP contribution is -2.29. The van der Waals surface area contributed by atoms with Gasteiger partial charge in [0.2, 0.25) is 0 Å². The highest BCUT2D eigenvalue weighted by Gasteiger charge is 2.38. The number of amides is 1. The molecule has 5 rings (SSSR count). The molecule has 0 saturated heterocycles. The lowest BCUT2D eigenvalue weighted by atomic mass is 9.76. The van der Waals surface area contributed by atoms with E-state index in [2.05, 4.69) is 73.0 Å². The first-order chi connectivity index (χ1) is 15.5. The molecule has 1 aliphatic heterocycles. The number of carbonyl (C=O) groups is 1. The second-order valence-corrected chi connectivity index (χ2v) is 9.42. The van der Waals surface area contributed by atoms with Gasteiger partial charge in [-0.25, -0.2) is 0 Å². The van der Waals surface area contributed by atoms with Crippen molar-refractivity contribution in [2.24, 2.45) is 5.92 Å². The monoisotopic (exact) mass is 422 g/mol. The summed E-state index contributed by atoms with van der Waals surface area (Å²) >= 11 is 0. The largest absolute Gasteiger partial charge is 0.378 e.